The number of anilines is 1. The Kier molecular flexibility index (Phi) is 6.49. The molecule has 2 aliphatic rings. The van der Waals surface area contributed by atoms with Crippen LogP contribution >= 0.6 is 0 Å². The molecule has 1 unspecified atom stereocenters. The highest BCUT2D eigenvalue weighted by Crippen LogP contribution is 2.36. The van der Waals surface area contributed by atoms with Crippen LogP contribution in [0.1, 0.15) is 37.8 Å². The van der Waals surface area contributed by atoms with Gasteiger partial charge in [0, 0.05) is 31.3 Å². The molecule has 1 fully saturated rings. The fourth-order valence-electron chi connectivity index (χ4n) is 4.58. The number of para-hydroxylation sites is 1. The zero-order valence-corrected chi connectivity index (χ0v) is 19.3. The number of nitrogens with zero attached hydrogens (tertiary/aromatic N) is 2. The number of carbonyl (C=O) groups excluding carboxylic acids is 3. The van der Waals surface area contributed by atoms with Crippen molar-refractivity contribution in [3.63, 3.8) is 0 Å². The van der Waals surface area contributed by atoms with Gasteiger partial charge in [0.05, 0.1) is 19.2 Å². The number of ether oxygens (including phenoxy) is 1. The lowest BCUT2D eigenvalue weighted by Gasteiger charge is -2.33. The Hall–Kier alpha value is -3.61. The largest absolute Gasteiger partial charge is 0.496 e. The van der Waals surface area contributed by atoms with Gasteiger partial charge in [-0.2, -0.15) is 0 Å². The zero-order valence-electron chi connectivity index (χ0n) is 19.3. The molecule has 0 aromatic heterocycles. The monoisotopic (exact) mass is 447 g/mol. The molecule has 0 aliphatic carbocycles. The molecule has 7 nitrogen and oxygen atoms in total. The van der Waals surface area contributed by atoms with Gasteiger partial charge in [0.25, 0.3) is 11.8 Å². The molecule has 0 saturated carbocycles. The first-order valence-electron chi connectivity index (χ1n) is 11.2. The van der Waals surface area contributed by atoms with Gasteiger partial charge in [0.15, 0.2) is 0 Å². The van der Waals surface area contributed by atoms with Crippen molar-refractivity contribution < 1.29 is 19.1 Å². The van der Waals surface area contributed by atoms with E-state index in [0.717, 1.165) is 31.5 Å². The Labute approximate surface area is 194 Å². The second kappa shape index (κ2) is 9.48. The maximum Gasteiger partial charge on any atom is 0.278 e. The van der Waals surface area contributed by atoms with E-state index in [0.29, 0.717) is 34.2 Å². The topological polar surface area (TPSA) is 79.0 Å². The number of imide groups is 1. The number of carbonyl (C=O) groups is 3. The third kappa shape index (κ3) is 4.62. The molecule has 7 heteroatoms. The normalized spacial score (nSPS) is 18.7. The molecule has 3 amide bonds. The van der Waals surface area contributed by atoms with Gasteiger partial charge in [-0.3, -0.25) is 19.3 Å². The summed E-state index contributed by atoms with van der Waals surface area (Å²) < 4.78 is 5.43. The lowest BCUT2D eigenvalue weighted by molar-refractivity contribution is -0.138. The smallest absolute Gasteiger partial charge is 0.278 e. The van der Waals surface area contributed by atoms with Crippen LogP contribution in [0.2, 0.25) is 0 Å². The molecular formula is C26H29N3O4. The summed E-state index contributed by atoms with van der Waals surface area (Å²) in [5.41, 5.74) is 2.96. The van der Waals surface area contributed by atoms with E-state index in [1.165, 1.54) is 11.8 Å². The number of piperidine rings is 1. The summed E-state index contributed by atoms with van der Waals surface area (Å²) in [6, 6.07) is 14.5. The maximum absolute atomic E-state index is 13.6. The van der Waals surface area contributed by atoms with E-state index < -0.39 is 0 Å². The van der Waals surface area contributed by atoms with Gasteiger partial charge in [-0.25, -0.2) is 0 Å². The van der Waals surface area contributed by atoms with Gasteiger partial charge in [-0.15, -0.1) is 0 Å². The number of benzene rings is 2. The second-order valence-electron chi connectivity index (χ2n) is 8.68. The summed E-state index contributed by atoms with van der Waals surface area (Å²) in [6.07, 6.45) is 2.09. The molecule has 2 heterocycles. The van der Waals surface area contributed by atoms with Crippen molar-refractivity contribution in [2.45, 2.75) is 33.2 Å². The van der Waals surface area contributed by atoms with Gasteiger partial charge in [-0.05, 0) is 42.5 Å². The quantitative estimate of drug-likeness (QED) is 0.684. The standard InChI is InChI=1S/C26H29N3O4/c1-17-7-6-14-28(15-17)24-23(19-10-12-21(13-11-19)27-18(2)30)25(31)29(26(24)32)16-20-8-4-5-9-22(20)33-3/h4-5,8-13,17H,6-7,14-16H2,1-3H3,(H,27,30). The van der Waals surface area contributed by atoms with E-state index in [2.05, 4.69) is 17.1 Å². The van der Waals surface area contributed by atoms with Gasteiger partial charge in [0.2, 0.25) is 5.91 Å². The Morgan fingerprint density at radius 2 is 1.82 bits per heavy atom. The van der Waals surface area contributed by atoms with E-state index in [9.17, 15) is 14.4 Å². The number of methoxy groups -OCH3 is 1. The summed E-state index contributed by atoms with van der Waals surface area (Å²) >= 11 is 0. The SMILES string of the molecule is COc1ccccc1CN1C(=O)C(c2ccc(NC(C)=O)cc2)=C(N2CCCC(C)C2)C1=O. The molecule has 2 aliphatic heterocycles. The number of likely N-dealkylation sites (tertiary alicyclic amines) is 1. The van der Waals surface area contributed by atoms with Gasteiger partial charge >= 0.3 is 0 Å². The summed E-state index contributed by atoms with van der Waals surface area (Å²) in [5.74, 6) is 0.326. The Morgan fingerprint density at radius 3 is 2.48 bits per heavy atom. The molecule has 0 radical (unpaired) electrons. The van der Waals surface area contributed by atoms with E-state index >= 15 is 0 Å². The third-order valence-corrected chi connectivity index (χ3v) is 6.13. The summed E-state index contributed by atoms with van der Waals surface area (Å²) in [6.45, 7) is 5.24. The summed E-state index contributed by atoms with van der Waals surface area (Å²) in [5, 5.41) is 2.74. The molecule has 2 aromatic rings. The van der Waals surface area contributed by atoms with Crippen LogP contribution in [-0.4, -0.2) is 47.7 Å². The Balaban J connectivity index is 1.72. The number of hydrogen-bond acceptors (Lipinski definition) is 5. The molecule has 2 aromatic carbocycles. The lowest BCUT2D eigenvalue weighted by Crippen LogP contribution is -2.39. The van der Waals surface area contributed by atoms with Gasteiger partial charge in [-0.1, -0.05) is 37.3 Å². The van der Waals surface area contributed by atoms with E-state index in [1.807, 2.05) is 24.3 Å². The number of nitrogens with one attached hydrogen (secondary N) is 1. The average molecular weight is 448 g/mol. The molecule has 1 atom stereocenters. The molecule has 1 N–H and O–H groups in total. The minimum atomic E-state index is -0.314. The van der Waals surface area contributed by atoms with Crippen molar-refractivity contribution in [3.05, 3.63) is 65.4 Å². The van der Waals surface area contributed by atoms with Crippen LogP contribution in [0.3, 0.4) is 0 Å². The maximum atomic E-state index is 13.6. The number of hydrogen-bond donors (Lipinski definition) is 1. The van der Waals surface area contributed by atoms with Crippen LogP contribution in [0.5, 0.6) is 5.75 Å². The zero-order chi connectivity index (χ0) is 23.5. The predicted octanol–water partition coefficient (Wildman–Crippen LogP) is 3.67. The summed E-state index contributed by atoms with van der Waals surface area (Å²) in [7, 11) is 1.58. The second-order valence-corrected chi connectivity index (χ2v) is 8.68. The first kappa shape index (κ1) is 22.6. The minimum Gasteiger partial charge on any atom is -0.496 e. The third-order valence-electron chi connectivity index (χ3n) is 6.13. The van der Waals surface area contributed by atoms with Crippen molar-refractivity contribution in [2.75, 3.05) is 25.5 Å². The van der Waals surface area contributed by atoms with E-state index in [4.69, 9.17) is 4.74 Å². The molecule has 33 heavy (non-hydrogen) atoms. The molecular weight excluding hydrogens is 418 g/mol. The van der Waals surface area contributed by atoms with Gasteiger partial charge < -0.3 is 15.0 Å². The predicted molar refractivity (Wildman–Crippen MR) is 126 cm³/mol. The minimum absolute atomic E-state index is 0.141. The van der Waals surface area contributed by atoms with Crippen molar-refractivity contribution in [3.8, 4) is 5.75 Å². The first-order chi connectivity index (χ1) is 15.9. The average Bonchev–Trinajstić information content (AvgIpc) is 3.04. The van der Waals surface area contributed by atoms with Crippen LogP contribution in [0.25, 0.3) is 5.57 Å². The highest BCUT2D eigenvalue weighted by Gasteiger charge is 2.42. The molecule has 0 spiro atoms. The molecule has 4 rings (SSSR count). The first-order valence-corrected chi connectivity index (χ1v) is 11.2. The van der Waals surface area contributed by atoms with Crippen LogP contribution in [0.4, 0.5) is 5.69 Å². The Morgan fingerprint density at radius 1 is 1.09 bits per heavy atom. The molecule has 0 bridgehead atoms. The fraction of sp³-hybridized carbons (Fsp3) is 0.346. The van der Waals surface area contributed by atoms with Crippen molar-refractivity contribution in [1.82, 2.24) is 9.80 Å². The van der Waals surface area contributed by atoms with Crippen LogP contribution in [0, 0.1) is 5.92 Å². The van der Waals surface area contributed by atoms with Gasteiger partial charge in [0.1, 0.15) is 11.4 Å². The highest BCUT2D eigenvalue weighted by molar-refractivity contribution is 6.35. The van der Waals surface area contributed by atoms with E-state index in [-0.39, 0.29) is 24.3 Å². The molecule has 1 saturated heterocycles. The van der Waals surface area contributed by atoms with Crippen molar-refractivity contribution in [2.24, 2.45) is 5.92 Å². The van der Waals surface area contributed by atoms with E-state index in [1.54, 1.807) is 31.4 Å². The van der Waals surface area contributed by atoms with Crippen LogP contribution in [-0.2, 0) is 20.9 Å². The lowest BCUT2D eigenvalue weighted by atomic mass is 9.97. The molecule has 172 valence electrons. The van der Waals surface area contributed by atoms with Crippen molar-refractivity contribution in [1.29, 1.82) is 0 Å². The fourth-order valence-corrected chi connectivity index (χ4v) is 4.58. The number of rotatable bonds is 6. The van der Waals surface area contributed by atoms with Crippen molar-refractivity contribution >= 4 is 29.0 Å². The van der Waals surface area contributed by atoms with Crippen LogP contribution < -0.4 is 10.1 Å². The van der Waals surface area contributed by atoms with Crippen LogP contribution in [0.15, 0.2) is 54.2 Å². The Bertz CT molecular complexity index is 1110. The number of amides is 3. The summed E-state index contributed by atoms with van der Waals surface area (Å²) in [4.78, 5) is 42.0. The highest BCUT2D eigenvalue weighted by atomic mass is 16.5.